The molecule has 0 aromatic heterocycles. The van der Waals surface area contributed by atoms with Crippen LogP contribution in [0.3, 0.4) is 0 Å². The molecular weight excluding hydrogens is 754 g/mol. The van der Waals surface area contributed by atoms with E-state index in [2.05, 4.69) is 104 Å². The summed E-state index contributed by atoms with van der Waals surface area (Å²) in [5.74, 6) is 0. The second-order valence-electron chi connectivity index (χ2n) is 13.8. The minimum atomic E-state index is -1.42. The third kappa shape index (κ3) is 6.82. The first kappa shape index (κ1) is 37.5. The van der Waals surface area contributed by atoms with Gasteiger partial charge < -0.3 is 10.0 Å². The molecule has 0 aliphatic heterocycles. The highest BCUT2D eigenvalue weighted by molar-refractivity contribution is 9.10. The van der Waals surface area contributed by atoms with Crippen LogP contribution in [0.15, 0.2) is 126 Å². The zero-order valence-corrected chi connectivity index (χ0v) is 32.2. The summed E-state index contributed by atoms with van der Waals surface area (Å²) >= 11 is 14.9. The molecule has 0 saturated carbocycles. The smallest absolute Gasteiger partial charge is 0.423 e. The van der Waals surface area contributed by atoms with Crippen LogP contribution in [-0.4, -0.2) is 29.7 Å². The summed E-state index contributed by atoms with van der Waals surface area (Å²) in [5, 5.41) is 20.3. The number of hydrogen-bond donors (Lipinski definition) is 2. The average molecular weight is 790 g/mol. The lowest BCUT2D eigenvalue weighted by Crippen LogP contribution is -2.37. The molecule has 8 heteroatoms. The van der Waals surface area contributed by atoms with Gasteiger partial charge in [-0.1, -0.05) is 158 Å². The van der Waals surface area contributed by atoms with E-state index >= 15 is 0 Å². The number of carbonyl (C=O) groups excluding carboxylic acids is 2. The maximum absolute atomic E-state index is 11.6. The van der Waals surface area contributed by atoms with Crippen molar-refractivity contribution in [2.75, 3.05) is 0 Å². The normalized spacial score (nSPS) is 13.6. The predicted octanol–water partition coefficient (Wildman–Crippen LogP) is 10.7. The molecule has 4 nitrogen and oxygen atoms in total. The molecule has 260 valence electrons. The van der Waals surface area contributed by atoms with Gasteiger partial charge in [0.1, 0.15) is 0 Å². The topological polar surface area (TPSA) is 74.6 Å². The fourth-order valence-electron chi connectivity index (χ4n) is 7.66. The quantitative estimate of drug-likeness (QED) is 0.138. The lowest BCUT2D eigenvalue weighted by Gasteiger charge is -2.25. The number of carbonyl (C=O) groups is 2. The van der Waals surface area contributed by atoms with E-state index in [0.29, 0.717) is 26.6 Å². The summed E-state index contributed by atoms with van der Waals surface area (Å²) in [4.78, 5) is 21.9. The van der Waals surface area contributed by atoms with Gasteiger partial charge in [-0.2, -0.15) is 0 Å². The highest BCUT2D eigenvalue weighted by Gasteiger charge is 2.39. The van der Waals surface area contributed by atoms with Crippen LogP contribution < -0.4 is 5.46 Å². The largest absolute Gasteiger partial charge is 0.488 e. The van der Waals surface area contributed by atoms with E-state index in [1.54, 1.807) is 30.3 Å². The third-order valence-corrected chi connectivity index (χ3v) is 11.2. The summed E-state index contributed by atoms with van der Waals surface area (Å²) in [6.45, 7) is 8.75. The Morgan fingerprint density at radius 3 is 1.52 bits per heavy atom. The van der Waals surface area contributed by atoms with Crippen molar-refractivity contribution >= 4 is 64.3 Å². The van der Waals surface area contributed by atoms with E-state index < -0.39 is 7.12 Å². The van der Waals surface area contributed by atoms with Crippen molar-refractivity contribution in [2.24, 2.45) is 0 Å². The van der Waals surface area contributed by atoms with Crippen LogP contribution >= 0.6 is 39.1 Å². The fraction of sp³-hybridized carbons (Fsp3) is 0.136. The van der Waals surface area contributed by atoms with Gasteiger partial charge in [-0.15, -0.1) is 0 Å². The van der Waals surface area contributed by atoms with Gasteiger partial charge in [-0.05, 0) is 91.4 Å². The highest BCUT2D eigenvalue weighted by atomic mass is 79.9. The Morgan fingerprint density at radius 1 is 0.538 bits per heavy atom. The van der Waals surface area contributed by atoms with E-state index in [1.807, 2.05) is 30.3 Å². The van der Waals surface area contributed by atoms with E-state index in [0.717, 1.165) is 39.3 Å². The van der Waals surface area contributed by atoms with Gasteiger partial charge in [-0.3, -0.25) is 9.59 Å². The van der Waals surface area contributed by atoms with Crippen LogP contribution in [0.1, 0.15) is 70.7 Å². The third-order valence-electron chi connectivity index (χ3n) is 9.99. The molecule has 0 radical (unpaired) electrons. The van der Waals surface area contributed by atoms with Gasteiger partial charge in [0.25, 0.3) is 0 Å². The Bertz CT molecular complexity index is 2330. The van der Waals surface area contributed by atoms with Crippen molar-refractivity contribution in [1.29, 1.82) is 0 Å². The first-order chi connectivity index (χ1) is 24.8. The predicted molar refractivity (Wildman–Crippen MR) is 218 cm³/mol. The standard InChI is InChI=1S/C22H17ClO.C15H15BO2.C7H4BrClO/c1-22(2)20-9-4-3-6-17(20)19-8-5-7-18(21(19)22)16-11-10-15(23)12-14(16)13-24;1-15(2)12-8-4-3-6-10(12)11-7-5-9-13(14(11)15)16(17)18;8-7-2-1-6(9)3-5(7)4-10/h3-13H,1-2H3;3-9,17-18H,1-2H3;1-4H. The maximum atomic E-state index is 11.6. The Labute approximate surface area is 323 Å². The molecule has 6 aromatic carbocycles. The van der Waals surface area contributed by atoms with Crippen molar-refractivity contribution in [3.63, 3.8) is 0 Å². The van der Waals surface area contributed by atoms with E-state index in [1.165, 1.54) is 33.4 Å². The molecule has 8 rings (SSSR count). The van der Waals surface area contributed by atoms with Gasteiger partial charge in [0.15, 0.2) is 12.6 Å². The molecule has 0 amide bonds. The van der Waals surface area contributed by atoms with Crippen LogP contribution in [0.4, 0.5) is 0 Å². The van der Waals surface area contributed by atoms with Crippen LogP contribution in [0.5, 0.6) is 0 Å². The van der Waals surface area contributed by atoms with Crippen molar-refractivity contribution in [1.82, 2.24) is 0 Å². The molecular formula is C44H36BBrCl2O4. The first-order valence-corrected chi connectivity index (χ1v) is 18.3. The molecule has 2 N–H and O–H groups in total. The van der Waals surface area contributed by atoms with E-state index in [9.17, 15) is 19.6 Å². The lowest BCUT2D eigenvalue weighted by molar-refractivity contribution is 0.111. The number of benzene rings is 6. The minimum Gasteiger partial charge on any atom is -0.423 e. The Kier molecular flexibility index (Phi) is 10.8. The van der Waals surface area contributed by atoms with Gasteiger partial charge in [0.05, 0.1) is 0 Å². The zero-order valence-electron chi connectivity index (χ0n) is 29.1. The van der Waals surface area contributed by atoms with Crippen LogP contribution in [0.25, 0.3) is 33.4 Å². The average Bonchev–Trinajstić information content (AvgIpc) is 3.53. The Balaban J connectivity index is 0.000000146. The van der Waals surface area contributed by atoms with E-state index in [4.69, 9.17) is 23.2 Å². The highest BCUT2D eigenvalue weighted by Crippen LogP contribution is 2.52. The molecule has 0 spiro atoms. The summed E-state index contributed by atoms with van der Waals surface area (Å²) in [6, 6.07) is 39.4. The van der Waals surface area contributed by atoms with Crippen LogP contribution in [0, 0.1) is 0 Å². The minimum absolute atomic E-state index is 0.109. The monoisotopic (exact) mass is 788 g/mol. The number of aldehydes is 2. The SMILES string of the molecule is CC1(C)c2ccccc2-c2cccc(-c3ccc(Cl)cc3C=O)c21.CC1(C)c2ccccc2-c2cccc(B(O)O)c21.O=Cc1cc(Cl)ccc1Br. The second kappa shape index (κ2) is 15.0. The van der Waals surface area contributed by atoms with E-state index in [-0.39, 0.29) is 10.8 Å². The van der Waals surface area contributed by atoms with Gasteiger partial charge in [0.2, 0.25) is 0 Å². The fourth-order valence-corrected chi connectivity index (χ4v) is 8.36. The molecule has 6 aromatic rings. The van der Waals surface area contributed by atoms with Crippen molar-refractivity contribution in [2.45, 2.75) is 38.5 Å². The molecule has 2 aliphatic rings. The lowest BCUT2D eigenvalue weighted by atomic mass is 9.69. The first-order valence-electron chi connectivity index (χ1n) is 16.8. The molecule has 0 unspecified atom stereocenters. The molecule has 52 heavy (non-hydrogen) atoms. The Morgan fingerprint density at radius 2 is 0.981 bits per heavy atom. The molecule has 0 bridgehead atoms. The van der Waals surface area contributed by atoms with Crippen LogP contribution in [0.2, 0.25) is 10.0 Å². The molecule has 2 aliphatic carbocycles. The molecule has 0 heterocycles. The number of halogens is 3. The van der Waals surface area contributed by atoms with Crippen molar-refractivity contribution in [3.05, 3.63) is 169 Å². The summed E-state index contributed by atoms with van der Waals surface area (Å²) in [7, 11) is -1.42. The van der Waals surface area contributed by atoms with Crippen molar-refractivity contribution < 1.29 is 19.6 Å². The molecule has 0 atom stereocenters. The van der Waals surface area contributed by atoms with Crippen molar-refractivity contribution in [3.8, 4) is 33.4 Å². The zero-order chi connectivity index (χ0) is 37.4. The summed E-state index contributed by atoms with van der Waals surface area (Å²) in [6.07, 6.45) is 1.64. The summed E-state index contributed by atoms with van der Waals surface area (Å²) < 4.78 is 0.770. The van der Waals surface area contributed by atoms with Crippen LogP contribution in [-0.2, 0) is 10.8 Å². The number of hydrogen-bond acceptors (Lipinski definition) is 4. The van der Waals surface area contributed by atoms with Gasteiger partial charge in [0, 0.05) is 36.5 Å². The second-order valence-corrected chi connectivity index (χ2v) is 15.6. The number of rotatable bonds is 4. The molecule has 0 fully saturated rings. The number of fused-ring (bicyclic) bond motifs is 6. The molecule has 0 saturated heterocycles. The van der Waals surface area contributed by atoms with Gasteiger partial charge in [-0.25, -0.2) is 0 Å². The Hall–Kier alpha value is -4.30. The van der Waals surface area contributed by atoms with Gasteiger partial charge >= 0.3 is 7.12 Å². The summed E-state index contributed by atoms with van der Waals surface area (Å²) in [5.41, 5.74) is 13.3. The maximum Gasteiger partial charge on any atom is 0.488 e.